The number of hydrogen-bond donors (Lipinski definition) is 0. The van der Waals surface area contributed by atoms with Crippen molar-refractivity contribution in [3.8, 4) is 0 Å². The molecule has 70 valence electrons. The van der Waals surface area contributed by atoms with Gasteiger partial charge in [0.25, 0.3) is 0 Å². The molecule has 2 unspecified atom stereocenters. The Labute approximate surface area is 75.8 Å². The maximum absolute atomic E-state index is 5.40. The maximum Gasteiger partial charge on any atom is 0.0579 e. The molecule has 0 aromatic rings. The lowest BCUT2D eigenvalue weighted by Gasteiger charge is -2.35. The summed E-state index contributed by atoms with van der Waals surface area (Å²) in [7, 11) is 1.83. The van der Waals surface area contributed by atoms with E-state index in [1.165, 1.54) is 25.7 Å². The average Bonchev–Trinajstić information content (AvgIpc) is 2.04. The smallest absolute Gasteiger partial charge is 0.0579 e. The van der Waals surface area contributed by atoms with Gasteiger partial charge in [-0.15, -0.1) is 0 Å². The van der Waals surface area contributed by atoms with Crippen LogP contribution in [-0.2, 0) is 4.74 Å². The number of hydrogen-bond acceptors (Lipinski definition) is 1. The van der Waals surface area contributed by atoms with E-state index in [0.29, 0.717) is 11.5 Å². The molecule has 0 aromatic carbocycles. The second kappa shape index (κ2) is 4.08. The fourth-order valence-corrected chi connectivity index (χ4v) is 2.21. The molecule has 0 radical (unpaired) electrons. The van der Waals surface area contributed by atoms with Gasteiger partial charge in [-0.1, -0.05) is 25.5 Å². The summed E-state index contributed by atoms with van der Waals surface area (Å²) in [4.78, 5) is 0. The van der Waals surface area contributed by atoms with Crippen molar-refractivity contribution in [2.24, 2.45) is 5.41 Å². The summed E-state index contributed by atoms with van der Waals surface area (Å²) < 4.78 is 5.40. The summed E-state index contributed by atoms with van der Waals surface area (Å²) in [5.41, 5.74) is 0.397. The molecule has 1 rings (SSSR count). The SMILES string of the molecule is C/C=C/C1(C)CCCC(OC)C1. The minimum Gasteiger partial charge on any atom is -0.381 e. The highest BCUT2D eigenvalue weighted by atomic mass is 16.5. The first-order chi connectivity index (χ1) is 5.70. The van der Waals surface area contributed by atoms with Gasteiger partial charge >= 0.3 is 0 Å². The van der Waals surface area contributed by atoms with Crippen LogP contribution in [-0.4, -0.2) is 13.2 Å². The molecule has 1 aliphatic carbocycles. The van der Waals surface area contributed by atoms with Crippen molar-refractivity contribution in [1.29, 1.82) is 0 Å². The van der Waals surface area contributed by atoms with Crippen molar-refractivity contribution in [2.45, 2.75) is 45.6 Å². The molecule has 0 amide bonds. The van der Waals surface area contributed by atoms with Crippen molar-refractivity contribution in [3.63, 3.8) is 0 Å². The Morgan fingerprint density at radius 3 is 2.83 bits per heavy atom. The zero-order valence-electron chi connectivity index (χ0n) is 8.47. The predicted octanol–water partition coefficient (Wildman–Crippen LogP) is 3.16. The van der Waals surface area contributed by atoms with E-state index >= 15 is 0 Å². The summed E-state index contributed by atoms with van der Waals surface area (Å²) in [6, 6.07) is 0. The van der Waals surface area contributed by atoms with Crippen molar-refractivity contribution in [2.75, 3.05) is 7.11 Å². The molecule has 12 heavy (non-hydrogen) atoms. The predicted molar refractivity (Wildman–Crippen MR) is 52.2 cm³/mol. The molecule has 0 N–H and O–H groups in total. The van der Waals surface area contributed by atoms with Crippen LogP contribution in [0, 0.1) is 5.41 Å². The van der Waals surface area contributed by atoms with Crippen LogP contribution in [0.4, 0.5) is 0 Å². The molecule has 0 aromatic heterocycles. The van der Waals surface area contributed by atoms with Crippen LogP contribution in [0.1, 0.15) is 39.5 Å². The Balaban J connectivity index is 2.54. The quantitative estimate of drug-likeness (QED) is 0.575. The minimum atomic E-state index is 0.397. The highest BCUT2D eigenvalue weighted by Crippen LogP contribution is 2.37. The molecule has 0 spiro atoms. The third-order valence-corrected chi connectivity index (χ3v) is 2.87. The Kier molecular flexibility index (Phi) is 3.33. The number of ether oxygens (including phenoxy) is 1. The van der Waals surface area contributed by atoms with Crippen molar-refractivity contribution < 1.29 is 4.74 Å². The summed E-state index contributed by atoms with van der Waals surface area (Å²) in [5, 5.41) is 0. The van der Waals surface area contributed by atoms with Gasteiger partial charge in [0.2, 0.25) is 0 Å². The maximum atomic E-state index is 5.40. The second-order valence-corrected chi connectivity index (χ2v) is 4.11. The Bertz CT molecular complexity index is 162. The molecule has 1 heteroatoms. The third kappa shape index (κ3) is 2.34. The van der Waals surface area contributed by atoms with E-state index in [4.69, 9.17) is 4.74 Å². The van der Waals surface area contributed by atoms with Crippen LogP contribution in [0.3, 0.4) is 0 Å². The normalized spacial score (nSPS) is 37.4. The monoisotopic (exact) mass is 168 g/mol. The van der Waals surface area contributed by atoms with Gasteiger partial charge in [0.15, 0.2) is 0 Å². The molecule has 0 aliphatic heterocycles. The minimum absolute atomic E-state index is 0.397. The van der Waals surface area contributed by atoms with Gasteiger partial charge in [-0.3, -0.25) is 0 Å². The van der Waals surface area contributed by atoms with E-state index in [9.17, 15) is 0 Å². The first-order valence-electron chi connectivity index (χ1n) is 4.87. The fraction of sp³-hybridized carbons (Fsp3) is 0.818. The lowest BCUT2D eigenvalue weighted by atomic mass is 9.74. The van der Waals surface area contributed by atoms with Gasteiger partial charge < -0.3 is 4.74 Å². The number of allylic oxidation sites excluding steroid dienone is 2. The zero-order chi connectivity index (χ0) is 9.03. The first-order valence-corrected chi connectivity index (χ1v) is 4.87. The molecule has 1 fully saturated rings. The van der Waals surface area contributed by atoms with Crippen molar-refractivity contribution in [3.05, 3.63) is 12.2 Å². The van der Waals surface area contributed by atoms with E-state index in [2.05, 4.69) is 26.0 Å². The van der Waals surface area contributed by atoms with Crippen LogP contribution < -0.4 is 0 Å². The highest BCUT2D eigenvalue weighted by molar-refractivity contribution is 4.99. The van der Waals surface area contributed by atoms with Crippen molar-refractivity contribution in [1.82, 2.24) is 0 Å². The van der Waals surface area contributed by atoms with Crippen LogP contribution in [0.25, 0.3) is 0 Å². The fourth-order valence-electron chi connectivity index (χ4n) is 2.21. The highest BCUT2D eigenvalue weighted by Gasteiger charge is 2.29. The number of methoxy groups -OCH3 is 1. The zero-order valence-corrected chi connectivity index (χ0v) is 8.47. The van der Waals surface area contributed by atoms with Gasteiger partial charge in [-0.05, 0) is 31.6 Å². The summed E-state index contributed by atoms with van der Waals surface area (Å²) in [6.07, 6.45) is 10.0. The molecular weight excluding hydrogens is 148 g/mol. The van der Waals surface area contributed by atoms with Crippen molar-refractivity contribution >= 4 is 0 Å². The largest absolute Gasteiger partial charge is 0.381 e. The van der Waals surface area contributed by atoms with Gasteiger partial charge in [0, 0.05) is 7.11 Å². The first kappa shape index (κ1) is 9.79. The van der Waals surface area contributed by atoms with Gasteiger partial charge in [0.05, 0.1) is 6.10 Å². The standard InChI is InChI=1S/C11H20O/c1-4-7-11(2)8-5-6-10(9-11)12-3/h4,7,10H,5-6,8-9H2,1-3H3/b7-4+. The second-order valence-electron chi connectivity index (χ2n) is 4.11. The molecule has 1 aliphatic rings. The lowest BCUT2D eigenvalue weighted by Crippen LogP contribution is -2.28. The van der Waals surface area contributed by atoms with E-state index < -0.39 is 0 Å². The number of rotatable bonds is 2. The third-order valence-electron chi connectivity index (χ3n) is 2.87. The molecule has 0 heterocycles. The van der Waals surface area contributed by atoms with E-state index in [1.807, 2.05) is 7.11 Å². The van der Waals surface area contributed by atoms with Gasteiger partial charge in [0.1, 0.15) is 0 Å². The lowest BCUT2D eigenvalue weighted by molar-refractivity contribution is 0.0352. The van der Waals surface area contributed by atoms with Crippen LogP contribution in [0.5, 0.6) is 0 Å². The van der Waals surface area contributed by atoms with Crippen LogP contribution >= 0.6 is 0 Å². The average molecular weight is 168 g/mol. The van der Waals surface area contributed by atoms with Gasteiger partial charge in [-0.25, -0.2) is 0 Å². The summed E-state index contributed by atoms with van der Waals surface area (Å²) in [6.45, 7) is 4.43. The summed E-state index contributed by atoms with van der Waals surface area (Å²) in [5.74, 6) is 0. The molecule has 2 atom stereocenters. The van der Waals surface area contributed by atoms with E-state index in [1.54, 1.807) is 0 Å². The molecule has 1 saturated carbocycles. The summed E-state index contributed by atoms with van der Waals surface area (Å²) >= 11 is 0. The topological polar surface area (TPSA) is 9.23 Å². The Morgan fingerprint density at radius 1 is 1.50 bits per heavy atom. The van der Waals surface area contributed by atoms with E-state index in [0.717, 1.165) is 0 Å². The van der Waals surface area contributed by atoms with Gasteiger partial charge in [-0.2, -0.15) is 0 Å². The van der Waals surface area contributed by atoms with Crippen LogP contribution in [0.2, 0.25) is 0 Å². The molecule has 0 saturated heterocycles. The molecule has 0 bridgehead atoms. The molecule has 1 nitrogen and oxygen atoms in total. The Morgan fingerprint density at radius 2 is 2.25 bits per heavy atom. The Hall–Kier alpha value is -0.300. The molecular formula is C11H20O. The van der Waals surface area contributed by atoms with Crippen LogP contribution in [0.15, 0.2) is 12.2 Å². The van der Waals surface area contributed by atoms with E-state index in [-0.39, 0.29) is 0 Å².